The summed E-state index contributed by atoms with van der Waals surface area (Å²) in [6.45, 7) is 9.40. The van der Waals surface area contributed by atoms with Crippen LogP contribution in [0.5, 0.6) is 0 Å². The van der Waals surface area contributed by atoms with Crippen LogP contribution in [0.1, 0.15) is 6.42 Å². The lowest BCUT2D eigenvalue weighted by atomic mass is 10.5. The van der Waals surface area contributed by atoms with Gasteiger partial charge >= 0.3 is 0 Å². The highest BCUT2D eigenvalue weighted by Gasteiger charge is 1.96. The first kappa shape index (κ1) is 17.1. The Balaban J connectivity index is 2.89. The molecule has 0 rings (SSSR count). The predicted molar refractivity (Wildman–Crippen MR) is 71.2 cm³/mol. The minimum Gasteiger partial charge on any atom is -0.382 e. The molecule has 0 aromatic carbocycles. The standard InChI is InChI=1S/C12H27O4Si/c1-13-6-7-15-10-11-16-9-8-14-5-4-12-17(2)3/h4-12H2,1-3H3. The van der Waals surface area contributed by atoms with Crippen LogP contribution in [0.25, 0.3) is 0 Å². The van der Waals surface area contributed by atoms with Gasteiger partial charge in [-0.1, -0.05) is 19.1 Å². The van der Waals surface area contributed by atoms with Gasteiger partial charge in [-0.25, -0.2) is 0 Å². The minimum absolute atomic E-state index is 0.0845. The summed E-state index contributed by atoms with van der Waals surface area (Å²) in [5.74, 6) is 0. The van der Waals surface area contributed by atoms with Crippen molar-refractivity contribution in [1.82, 2.24) is 0 Å². The summed E-state index contributed by atoms with van der Waals surface area (Å²) in [7, 11) is 1.58. The fraction of sp³-hybridized carbons (Fsp3) is 1.00. The lowest BCUT2D eigenvalue weighted by molar-refractivity contribution is 0.00377. The van der Waals surface area contributed by atoms with E-state index in [1.165, 1.54) is 12.5 Å². The molecular weight excluding hydrogens is 236 g/mol. The van der Waals surface area contributed by atoms with E-state index in [0.29, 0.717) is 39.6 Å². The van der Waals surface area contributed by atoms with Crippen molar-refractivity contribution in [2.75, 3.05) is 53.4 Å². The molecule has 0 saturated carbocycles. The van der Waals surface area contributed by atoms with Gasteiger partial charge < -0.3 is 18.9 Å². The van der Waals surface area contributed by atoms with Crippen molar-refractivity contribution in [2.24, 2.45) is 0 Å². The average molecular weight is 263 g/mol. The molecule has 0 heterocycles. The van der Waals surface area contributed by atoms with E-state index in [1.807, 2.05) is 0 Å². The third kappa shape index (κ3) is 16.1. The second kappa shape index (κ2) is 14.1. The van der Waals surface area contributed by atoms with Gasteiger partial charge in [-0.15, -0.1) is 0 Å². The Hall–Kier alpha value is 0.0569. The van der Waals surface area contributed by atoms with E-state index in [9.17, 15) is 0 Å². The molecule has 103 valence electrons. The Morgan fingerprint density at radius 3 is 1.65 bits per heavy atom. The zero-order valence-corrected chi connectivity index (χ0v) is 12.5. The van der Waals surface area contributed by atoms with Crippen molar-refractivity contribution in [2.45, 2.75) is 25.6 Å². The van der Waals surface area contributed by atoms with E-state index in [-0.39, 0.29) is 8.80 Å². The normalized spacial score (nSPS) is 11.3. The summed E-state index contributed by atoms with van der Waals surface area (Å²) in [4.78, 5) is 0. The third-order valence-corrected chi connectivity index (χ3v) is 3.49. The molecule has 0 aliphatic carbocycles. The molecule has 0 spiro atoms. The Morgan fingerprint density at radius 1 is 0.706 bits per heavy atom. The smallest absolute Gasteiger partial charge is 0.0701 e. The summed E-state index contributed by atoms with van der Waals surface area (Å²) < 4.78 is 20.9. The maximum absolute atomic E-state index is 5.46. The molecule has 17 heavy (non-hydrogen) atoms. The van der Waals surface area contributed by atoms with E-state index in [4.69, 9.17) is 18.9 Å². The second-order valence-corrected chi connectivity index (χ2v) is 7.05. The molecule has 0 N–H and O–H groups in total. The Kier molecular flexibility index (Phi) is 14.2. The molecule has 4 nitrogen and oxygen atoms in total. The first-order chi connectivity index (χ1) is 8.27. The van der Waals surface area contributed by atoms with E-state index < -0.39 is 0 Å². The number of hydrogen-bond donors (Lipinski definition) is 0. The molecular formula is C12H27O4Si. The molecule has 0 fully saturated rings. The van der Waals surface area contributed by atoms with Crippen LogP contribution in [0, 0.1) is 0 Å². The Labute approximate surface area is 107 Å². The average Bonchev–Trinajstić information content (AvgIpc) is 2.30. The second-order valence-electron chi connectivity index (χ2n) is 4.14. The first-order valence-corrected chi connectivity index (χ1v) is 8.99. The highest BCUT2D eigenvalue weighted by atomic mass is 28.3. The molecule has 0 amide bonds. The van der Waals surface area contributed by atoms with Crippen LogP contribution < -0.4 is 0 Å². The van der Waals surface area contributed by atoms with Crippen LogP contribution in [0.3, 0.4) is 0 Å². The third-order valence-electron chi connectivity index (χ3n) is 2.14. The van der Waals surface area contributed by atoms with Crippen LogP contribution in [0.4, 0.5) is 0 Å². The molecule has 0 saturated heterocycles. The van der Waals surface area contributed by atoms with Crippen molar-refractivity contribution in [1.29, 1.82) is 0 Å². The summed E-state index contributed by atoms with van der Waals surface area (Å²) >= 11 is 0. The lowest BCUT2D eigenvalue weighted by Crippen LogP contribution is -2.12. The van der Waals surface area contributed by atoms with Crippen LogP contribution in [0.2, 0.25) is 19.1 Å². The highest BCUT2D eigenvalue weighted by molar-refractivity contribution is 6.55. The highest BCUT2D eigenvalue weighted by Crippen LogP contribution is 1.96. The number of methoxy groups -OCH3 is 1. The van der Waals surface area contributed by atoms with Crippen molar-refractivity contribution >= 4 is 8.80 Å². The van der Waals surface area contributed by atoms with E-state index in [2.05, 4.69) is 13.1 Å². The van der Waals surface area contributed by atoms with E-state index in [1.54, 1.807) is 7.11 Å². The minimum atomic E-state index is -0.0845. The van der Waals surface area contributed by atoms with Crippen molar-refractivity contribution in [3.05, 3.63) is 0 Å². The van der Waals surface area contributed by atoms with Crippen molar-refractivity contribution in [3.8, 4) is 0 Å². The maximum Gasteiger partial charge on any atom is 0.0701 e. The van der Waals surface area contributed by atoms with Gasteiger partial charge in [0.25, 0.3) is 0 Å². The van der Waals surface area contributed by atoms with Gasteiger partial charge in [0, 0.05) is 22.5 Å². The molecule has 1 radical (unpaired) electrons. The van der Waals surface area contributed by atoms with Gasteiger partial charge in [0.15, 0.2) is 0 Å². The van der Waals surface area contributed by atoms with Crippen LogP contribution in [0.15, 0.2) is 0 Å². The predicted octanol–water partition coefficient (Wildman–Crippen LogP) is 1.83. The largest absolute Gasteiger partial charge is 0.382 e. The molecule has 0 aromatic heterocycles. The fourth-order valence-electron chi connectivity index (χ4n) is 1.21. The number of hydrogen-bond acceptors (Lipinski definition) is 4. The summed E-state index contributed by atoms with van der Waals surface area (Å²) in [6, 6.07) is 1.33. The fourth-order valence-corrected chi connectivity index (χ4v) is 2.06. The summed E-state index contributed by atoms with van der Waals surface area (Å²) in [5, 5.41) is 0. The van der Waals surface area contributed by atoms with Crippen LogP contribution in [-0.4, -0.2) is 62.2 Å². The number of ether oxygens (including phenoxy) is 4. The SMILES string of the molecule is COCCOCCOCCOCCC[Si](C)C. The topological polar surface area (TPSA) is 36.9 Å². The monoisotopic (exact) mass is 263 g/mol. The van der Waals surface area contributed by atoms with E-state index in [0.717, 1.165) is 6.61 Å². The maximum atomic E-state index is 5.46. The Bertz CT molecular complexity index is 144. The van der Waals surface area contributed by atoms with Gasteiger partial charge in [-0.05, 0) is 6.42 Å². The lowest BCUT2D eigenvalue weighted by Gasteiger charge is -2.07. The molecule has 0 aliphatic heterocycles. The van der Waals surface area contributed by atoms with Crippen molar-refractivity contribution < 1.29 is 18.9 Å². The molecule has 0 aromatic rings. The zero-order valence-electron chi connectivity index (χ0n) is 11.5. The summed E-state index contributed by atoms with van der Waals surface area (Å²) in [5.41, 5.74) is 0. The molecule has 0 unspecified atom stereocenters. The van der Waals surface area contributed by atoms with E-state index >= 15 is 0 Å². The van der Waals surface area contributed by atoms with Gasteiger partial charge in [-0.3, -0.25) is 0 Å². The van der Waals surface area contributed by atoms with Gasteiger partial charge in [0.05, 0.1) is 39.6 Å². The van der Waals surface area contributed by atoms with Crippen LogP contribution >= 0.6 is 0 Å². The Morgan fingerprint density at radius 2 is 1.18 bits per heavy atom. The van der Waals surface area contributed by atoms with Crippen molar-refractivity contribution in [3.63, 3.8) is 0 Å². The van der Waals surface area contributed by atoms with Gasteiger partial charge in [-0.2, -0.15) is 0 Å². The first-order valence-electron chi connectivity index (χ1n) is 6.28. The van der Waals surface area contributed by atoms with Crippen LogP contribution in [-0.2, 0) is 18.9 Å². The van der Waals surface area contributed by atoms with Gasteiger partial charge in [0.2, 0.25) is 0 Å². The van der Waals surface area contributed by atoms with Gasteiger partial charge in [0.1, 0.15) is 0 Å². The molecule has 0 aliphatic rings. The molecule has 0 atom stereocenters. The number of rotatable bonds is 13. The zero-order chi connectivity index (χ0) is 12.8. The molecule has 0 bridgehead atoms. The summed E-state index contributed by atoms with van der Waals surface area (Å²) in [6.07, 6.45) is 1.18. The quantitative estimate of drug-likeness (QED) is 0.375. The molecule has 5 heteroatoms.